The number of benzene rings is 1. The summed E-state index contributed by atoms with van der Waals surface area (Å²) in [5, 5.41) is 11.5. The second kappa shape index (κ2) is 7.08. The van der Waals surface area contributed by atoms with Crippen molar-refractivity contribution in [3.63, 3.8) is 0 Å². The van der Waals surface area contributed by atoms with Crippen molar-refractivity contribution in [3.05, 3.63) is 48.2 Å². The Kier molecular flexibility index (Phi) is 5.46. The third kappa shape index (κ3) is 3.94. The van der Waals surface area contributed by atoms with Crippen molar-refractivity contribution >= 4 is 17.9 Å². The van der Waals surface area contributed by atoms with Crippen LogP contribution in [0.15, 0.2) is 42.6 Å². The minimum absolute atomic E-state index is 0.428. The van der Waals surface area contributed by atoms with Gasteiger partial charge in [-0.3, -0.25) is 4.79 Å². The van der Waals surface area contributed by atoms with E-state index in [-0.39, 0.29) is 0 Å². The number of nitrogens with one attached hydrogen (secondary N) is 1. The second-order valence-corrected chi connectivity index (χ2v) is 4.00. The summed E-state index contributed by atoms with van der Waals surface area (Å²) in [7, 11) is 0. The third-order valence-electron chi connectivity index (χ3n) is 2.50. The zero-order valence-electron chi connectivity index (χ0n) is 11.2. The minimum Gasteiger partial charge on any atom is -0.479 e. The van der Waals surface area contributed by atoms with Gasteiger partial charge >= 0.3 is 12.0 Å². The summed E-state index contributed by atoms with van der Waals surface area (Å²) in [5.41, 5.74) is 0.428. The number of carboxylic acid groups (broad SMARTS) is 1. The highest BCUT2D eigenvalue weighted by atomic mass is 16.4. The van der Waals surface area contributed by atoms with Crippen molar-refractivity contribution in [2.75, 3.05) is 0 Å². The van der Waals surface area contributed by atoms with Gasteiger partial charge in [-0.25, -0.2) is 14.5 Å². The number of hydrogen-bond acceptors (Lipinski definition) is 3. The van der Waals surface area contributed by atoms with E-state index < -0.39 is 23.9 Å². The minimum atomic E-state index is -1.21. The maximum atomic E-state index is 11.9. The maximum Gasteiger partial charge on any atom is 0.330 e. The fraction of sp³-hybridized carbons (Fsp3) is 0.214. The Hall–Kier alpha value is -2.63. The van der Waals surface area contributed by atoms with Gasteiger partial charge in [0.2, 0.25) is 5.91 Å². The Bertz CT molecular complexity index is 525. The Morgan fingerprint density at radius 1 is 1.25 bits per heavy atom. The van der Waals surface area contributed by atoms with Crippen LogP contribution in [0.1, 0.15) is 25.5 Å². The molecule has 0 heterocycles. The normalized spacial score (nSPS) is 11.9. The molecule has 0 radical (unpaired) electrons. The van der Waals surface area contributed by atoms with Crippen LogP contribution in [0.4, 0.5) is 4.79 Å². The second-order valence-electron chi connectivity index (χ2n) is 4.00. The number of aliphatic carboxylic acids is 1. The fourth-order valence-corrected chi connectivity index (χ4v) is 1.59. The average molecular weight is 276 g/mol. The molecule has 0 bridgehead atoms. The van der Waals surface area contributed by atoms with Gasteiger partial charge in [0.15, 0.2) is 6.04 Å². The van der Waals surface area contributed by atoms with Gasteiger partial charge in [0, 0.05) is 13.1 Å². The summed E-state index contributed by atoms with van der Waals surface area (Å²) in [6, 6.07) is 6.27. The summed E-state index contributed by atoms with van der Waals surface area (Å²) in [4.78, 5) is 35.3. The molecule has 6 heteroatoms. The lowest BCUT2D eigenvalue weighted by Crippen LogP contribution is -2.43. The van der Waals surface area contributed by atoms with E-state index in [1.54, 1.807) is 37.3 Å². The van der Waals surface area contributed by atoms with Crippen LogP contribution in [0.2, 0.25) is 0 Å². The Labute approximate surface area is 116 Å². The molecular formula is C14H16N2O4. The number of carbonyl (C=O) groups is 3. The highest BCUT2D eigenvalue weighted by Gasteiger charge is 2.25. The highest BCUT2D eigenvalue weighted by Crippen LogP contribution is 2.13. The van der Waals surface area contributed by atoms with E-state index in [0.717, 1.165) is 4.90 Å². The molecule has 0 fully saturated rings. The molecule has 0 aliphatic heterocycles. The molecule has 0 aromatic heterocycles. The van der Waals surface area contributed by atoms with Gasteiger partial charge in [0.05, 0.1) is 0 Å². The van der Waals surface area contributed by atoms with Crippen LogP contribution in [-0.2, 0) is 9.59 Å². The Morgan fingerprint density at radius 2 is 1.85 bits per heavy atom. The number of allylic oxidation sites excluding steroid dienone is 1. The van der Waals surface area contributed by atoms with Crippen molar-refractivity contribution in [1.82, 2.24) is 10.2 Å². The number of rotatable bonds is 4. The molecule has 2 N–H and O–H groups in total. The van der Waals surface area contributed by atoms with E-state index >= 15 is 0 Å². The molecule has 3 amide bonds. The third-order valence-corrected chi connectivity index (χ3v) is 2.50. The molecule has 1 aromatic rings. The van der Waals surface area contributed by atoms with E-state index in [0.29, 0.717) is 5.56 Å². The first-order chi connectivity index (χ1) is 9.47. The molecule has 0 saturated heterocycles. The average Bonchev–Trinajstić information content (AvgIpc) is 2.42. The van der Waals surface area contributed by atoms with E-state index in [9.17, 15) is 19.5 Å². The largest absolute Gasteiger partial charge is 0.479 e. The van der Waals surface area contributed by atoms with Crippen LogP contribution in [0.5, 0.6) is 0 Å². The zero-order valence-corrected chi connectivity index (χ0v) is 11.2. The van der Waals surface area contributed by atoms with Crippen molar-refractivity contribution in [2.45, 2.75) is 19.9 Å². The molecule has 106 valence electrons. The van der Waals surface area contributed by atoms with Gasteiger partial charge < -0.3 is 10.4 Å². The number of imide groups is 1. The Balaban J connectivity index is 2.94. The van der Waals surface area contributed by atoms with Crippen LogP contribution in [-0.4, -0.2) is 27.9 Å². The van der Waals surface area contributed by atoms with Gasteiger partial charge in [-0.15, -0.1) is 0 Å². The lowest BCUT2D eigenvalue weighted by Gasteiger charge is -2.20. The first-order valence-corrected chi connectivity index (χ1v) is 5.98. The van der Waals surface area contributed by atoms with E-state index in [4.69, 9.17) is 0 Å². The van der Waals surface area contributed by atoms with Gasteiger partial charge in [-0.2, -0.15) is 0 Å². The van der Waals surface area contributed by atoms with E-state index in [1.807, 2.05) is 0 Å². The van der Waals surface area contributed by atoms with Gasteiger partial charge in [0.1, 0.15) is 0 Å². The molecule has 1 rings (SSSR count). The quantitative estimate of drug-likeness (QED) is 0.879. The predicted octanol–water partition coefficient (Wildman–Crippen LogP) is 1.90. The molecule has 20 heavy (non-hydrogen) atoms. The molecule has 1 unspecified atom stereocenters. The molecule has 1 atom stereocenters. The summed E-state index contributed by atoms with van der Waals surface area (Å²) in [6.07, 6.45) is 2.79. The first-order valence-electron chi connectivity index (χ1n) is 5.98. The van der Waals surface area contributed by atoms with Crippen LogP contribution in [0.25, 0.3) is 0 Å². The standard InChI is InChI=1S/C14H16N2O4/c1-3-9-16(10(2)17)14(20)15-12(13(18)19)11-7-5-4-6-8-11/h3-9,12H,1-2H3,(H,15,20)(H,18,19). The summed E-state index contributed by atoms with van der Waals surface area (Å²) < 4.78 is 0. The van der Waals surface area contributed by atoms with Gasteiger partial charge in [-0.1, -0.05) is 36.4 Å². The number of amides is 3. The lowest BCUT2D eigenvalue weighted by molar-refractivity contribution is -0.139. The summed E-state index contributed by atoms with van der Waals surface area (Å²) in [5.74, 6) is -1.70. The molecule has 6 nitrogen and oxygen atoms in total. The van der Waals surface area contributed by atoms with Crippen molar-refractivity contribution in [2.24, 2.45) is 0 Å². The topological polar surface area (TPSA) is 86.7 Å². The van der Waals surface area contributed by atoms with Crippen molar-refractivity contribution < 1.29 is 19.5 Å². The summed E-state index contributed by atoms with van der Waals surface area (Å²) >= 11 is 0. The number of carbonyl (C=O) groups excluding carboxylic acids is 2. The molecule has 0 saturated carbocycles. The van der Waals surface area contributed by atoms with Gasteiger partial charge in [0.25, 0.3) is 0 Å². The van der Waals surface area contributed by atoms with Crippen molar-refractivity contribution in [3.8, 4) is 0 Å². The molecular weight excluding hydrogens is 260 g/mol. The van der Waals surface area contributed by atoms with Crippen LogP contribution in [0.3, 0.4) is 0 Å². The number of urea groups is 1. The Morgan fingerprint density at radius 3 is 2.30 bits per heavy atom. The smallest absolute Gasteiger partial charge is 0.330 e. The monoisotopic (exact) mass is 276 g/mol. The van der Waals surface area contributed by atoms with Crippen LogP contribution in [0, 0.1) is 0 Å². The number of carboxylic acids is 1. The molecule has 0 aliphatic rings. The lowest BCUT2D eigenvalue weighted by atomic mass is 10.1. The van der Waals surface area contributed by atoms with Crippen LogP contribution >= 0.6 is 0 Å². The molecule has 1 aromatic carbocycles. The van der Waals surface area contributed by atoms with E-state index in [2.05, 4.69) is 5.32 Å². The predicted molar refractivity (Wildman–Crippen MR) is 72.7 cm³/mol. The SMILES string of the molecule is CC=CN(C(C)=O)C(=O)NC(C(=O)O)c1ccccc1. The van der Waals surface area contributed by atoms with Crippen molar-refractivity contribution in [1.29, 1.82) is 0 Å². The maximum absolute atomic E-state index is 11.9. The van der Waals surface area contributed by atoms with Gasteiger partial charge in [-0.05, 0) is 12.5 Å². The zero-order chi connectivity index (χ0) is 15.1. The van der Waals surface area contributed by atoms with E-state index in [1.165, 1.54) is 19.2 Å². The summed E-state index contributed by atoms with van der Waals surface area (Å²) in [6.45, 7) is 2.87. The first kappa shape index (κ1) is 15.4. The number of nitrogens with zero attached hydrogens (tertiary/aromatic N) is 1. The molecule has 0 spiro atoms. The highest BCUT2D eigenvalue weighted by molar-refractivity contribution is 5.96. The van der Waals surface area contributed by atoms with Crippen LogP contribution < -0.4 is 5.32 Å². The number of hydrogen-bond donors (Lipinski definition) is 2. The fourth-order valence-electron chi connectivity index (χ4n) is 1.59. The molecule has 0 aliphatic carbocycles.